The van der Waals surface area contributed by atoms with Gasteiger partial charge in [0.15, 0.2) is 0 Å². The molecule has 0 aromatic heterocycles. The minimum Gasteiger partial charge on any atom is -0.508 e. The Morgan fingerprint density at radius 1 is 1.25 bits per heavy atom. The van der Waals surface area contributed by atoms with Crippen molar-refractivity contribution in [1.29, 1.82) is 0 Å². The van der Waals surface area contributed by atoms with Crippen LogP contribution in [0.2, 0.25) is 0 Å². The molecule has 0 saturated carbocycles. The predicted molar refractivity (Wildman–Crippen MR) is 134 cm³/mol. The largest absolute Gasteiger partial charge is 0.508 e. The fraction of sp³-hybridized carbons (Fsp3) is 0.444. The van der Waals surface area contributed by atoms with Crippen molar-refractivity contribution >= 4 is 22.2 Å². The maximum absolute atomic E-state index is 10.2. The maximum Gasteiger partial charge on any atom is 0.209 e. The second kappa shape index (κ2) is 9.78. The Hall–Kier alpha value is -2.79. The molecule has 2 aliphatic heterocycles. The van der Waals surface area contributed by atoms with Crippen molar-refractivity contribution in [2.24, 2.45) is 4.99 Å². The van der Waals surface area contributed by atoms with Gasteiger partial charge in [-0.15, -0.1) is 0 Å². The lowest BCUT2D eigenvalue weighted by molar-refractivity contribution is 0.138. The molecule has 2 aromatic rings. The van der Waals surface area contributed by atoms with Crippen LogP contribution >= 0.6 is 0 Å². The van der Waals surface area contributed by atoms with E-state index in [9.17, 15) is 5.11 Å². The number of benzene rings is 2. The van der Waals surface area contributed by atoms with E-state index in [4.69, 9.17) is 9.73 Å². The summed E-state index contributed by atoms with van der Waals surface area (Å²) in [5.41, 5.74) is 4.75. The minimum atomic E-state index is 0.312. The van der Waals surface area contributed by atoms with Gasteiger partial charge >= 0.3 is 0 Å². The molecule has 1 fully saturated rings. The lowest BCUT2D eigenvalue weighted by Gasteiger charge is -2.32. The zero-order valence-corrected chi connectivity index (χ0v) is 19.8. The molecule has 170 valence electrons. The number of rotatable bonds is 6. The van der Waals surface area contributed by atoms with Gasteiger partial charge in [0.25, 0.3) is 0 Å². The van der Waals surface area contributed by atoms with Crippen molar-refractivity contribution in [3.05, 3.63) is 59.5 Å². The molecule has 2 aromatic carbocycles. The van der Waals surface area contributed by atoms with Gasteiger partial charge in [-0.2, -0.15) is 0 Å². The molecule has 0 bridgehead atoms. The van der Waals surface area contributed by atoms with E-state index in [-0.39, 0.29) is 0 Å². The fourth-order valence-corrected chi connectivity index (χ4v) is 4.94. The number of likely N-dealkylation sites (N-methyl/N-ethyl adjacent to an activating group) is 1. The Bertz CT molecular complexity index is 1070. The molecule has 4 rings (SSSR count). The van der Waals surface area contributed by atoms with Crippen LogP contribution < -0.4 is 4.90 Å². The number of likely N-dealkylation sites (tertiary alicyclic amines) is 1. The van der Waals surface area contributed by atoms with Gasteiger partial charge in [-0.3, -0.25) is 0 Å². The van der Waals surface area contributed by atoms with E-state index in [1.165, 1.54) is 29.4 Å². The second-order valence-corrected chi connectivity index (χ2v) is 9.03. The predicted octanol–water partition coefficient (Wildman–Crippen LogP) is 5.51. The van der Waals surface area contributed by atoms with Crippen molar-refractivity contribution in [3.63, 3.8) is 0 Å². The van der Waals surface area contributed by atoms with Gasteiger partial charge in [0.05, 0.1) is 0 Å². The monoisotopic (exact) mass is 433 g/mol. The van der Waals surface area contributed by atoms with Crippen molar-refractivity contribution in [2.75, 3.05) is 38.2 Å². The van der Waals surface area contributed by atoms with Crippen LogP contribution in [0.5, 0.6) is 5.75 Å². The molecule has 2 heterocycles. The highest BCUT2D eigenvalue weighted by molar-refractivity contribution is 6.00. The minimum absolute atomic E-state index is 0.312. The molecule has 0 aliphatic carbocycles. The number of hydrogen-bond acceptors (Lipinski definition) is 5. The summed E-state index contributed by atoms with van der Waals surface area (Å²) in [6, 6.07) is 12.4. The van der Waals surface area contributed by atoms with Gasteiger partial charge in [0.2, 0.25) is 5.88 Å². The van der Waals surface area contributed by atoms with Crippen molar-refractivity contribution in [3.8, 4) is 5.75 Å². The molecule has 5 heteroatoms. The van der Waals surface area contributed by atoms with E-state index in [0.29, 0.717) is 24.3 Å². The Labute approximate surface area is 191 Å². The average Bonchev–Trinajstić information content (AvgIpc) is 3.20. The topological polar surface area (TPSA) is 48.3 Å². The van der Waals surface area contributed by atoms with Crippen LogP contribution in [0.15, 0.2) is 64.5 Å². The molecule has 0 spiro atoms. The quantitative estimate of drug-likeness (QED) is 0.482. The summed E-state index contributed by atoms with van der Waals surface area (Å²) in [4.78, 5) is 9.57. The van der Waals surface area contributed by atoms with Crippen LogP contribution in [0.25, 0.3) is 10.8 Å². The van der Waals surface area contributed by atoms with E-state index in [0.717, 1.165) is 42.8 Å². The highest BCUT2D eigenvalue weighted by Crippen LogP contribution is 2.34. The Kier molecular flexibility index (Phi) is 6.85. The number of hydrogen-bond donors (Lipinski definition) is 1. The van der Waals surface area contributed by atoms with Crippen LogP contribution in [-0.2, 0) is 4.74 Å². The first-order chi connectivity index (χ1) is 15.5. The van der Waals surface area contributed by atoms with Gasteiger partial charge in [-0.05, 0) is 82.3 Å². The van der Waals surface area contributed by atoms with Crippen molar-refractivity contribution < 1.29 is 9.84 Å². The van der Waals surface area contributed by atoms with Gasteiger partial charge < -0.3 is 19.6 Å². The summed E-state index contributed by atoms with van der Waals surface area (Å²) in [5, 5.41) is 12.5. The Balaban J connectivity index is 1.49. The van der Waals surface area contributed by atoms with Crippen LogP contribution in [-0.4, -0.2) is 55.0 Å². The maximum atomic E-state index is 10.2. The van der Waals surface area contributed by atoms with Crippen LogP contribution in [0.4, 0.5) is 5.69 Å². The lowest BCUT2D eigenvalue weighted by atomic mass is 9.96. The number of nitrogens with zero attached hydrogens (tertiary/aromatic N) is 3. The molecule has 5 nitrogen and oxygen atoms in total. The third-order valence-corrected chi connectivity index (χ3v) is 6.80. The third-order valence-electron chi connectivity index (χ3n) is 6.80. The van der Waals surface area contributed by atoms with Crippen molar-refractivity contribution in [2.45, 2.75) is 46.1 Å². The summed E-state index contributed by atoms with van der Waals surface area (Å²) in [7, 11) is 2.17. The average molecular weight is 434 g/mol. The summed E-state index contributed by atoms with van der Waals surface area (Å²) >= 11 is 0. The number of aromatic hydroxyl groups is 1. The highest BCUT2D eigenvalue weighted by Gasteiger charge is 2.23. The number of allylic oxidation sites excluding steroid dienone is 1. The first-order valence-electron chi connectivity index (χ1n) is 11.7. The number of fused-ring (bicyclic) bond motifs is 1. The highest BCUT2D eigenvalue weighted by atomic mass is 16.5. The van der Waals surface area contributed by atoms with Gasteiger partial charge in [-0.25, -0.2) is 4.99 Å². The first kappa shape index (κ1) is 22.4. The molecule has 0 unspecified atom stereocenters. The van der Waals surface area contributed by atoms with E-state index in [1.807, 2.05) is 31.2 Å². The molecular formula is C27H35N3O2. The molecule has 0 amide bonds. The first-order valence-corrected chi connectivity index (χ1v) is 11.7. The molecular weight excluding hydrogens is 398 g/mol. The van der Waals surface area contributed by atoms with Crippen LogP contribution in [0.3, 0.4) is 0 Å². The van der Waals surface area contributed by atoms with Gasteiger partial charge in [-0.1, -0.05) is 24.3 Å². The smallest absolute Gasteiger partial charge is 0.209 e. The van der Waals surface area contributed by atoms with E-state index < -0.39 is 0 Å². The molecule has 0 radical (unpaired) electrons. The molecule has 2 aliphatic rings. The molecule has 1 saturated heterocycles. The number of phenolic OH excluding ortho intramolecular Hbond substituents is 1. The number of anilines is 1. The third kappa shape index (κ3) is 4.83. The van der Waals surface area contributed by atoms with Crippen LogP contribution in [0.1, 0.15) is 40.0 Å². The summed E-state index contributed by atoms with van der Waals surface area (Å²) in [5.74, 6) is 1.02. The summed E-state index contributed by atoms with van der Waals surface area (Å²) in [6.45, 7) is 9.84. The molecule has 32 heavy (non-hydrogen) atoms. The molecule has 1 atom stereocenters. The zero-order valence-electron chi connectivity index (χ0n) is 19.8. The Morgan fingerprint density at radius 3 is 2.78 bits per heavy atom. The fourth-order valence-electron chi connectivity index (χ4n) is 4.94. The normalized spacial score (nSPS) is 21.0. The van der Waals surface area contributed by atoms with E-state index in [1.54, 1.807) is 0 Å². The summed E-state index contributed by atoms with van der Waals surface area (Å²) in [6.07, 6.45) is 5.32. The number of aliphatic imine (C=N–C) groups is 1. The summed E-state index contributed by atoms with van der Waals surface area (Å²) < 4.78 is 6.07. The Morgan fingerprint density at radius 2 is 2.06 bits per heavy atom. The number of ether oxygens (including phenoxy) is 1. The number of phenols is 1. The van der Waals surface area contributed by atoms with Gasteiger partial charge in [0.1, 0.15) is 12.4 Å². The van der Waals surface area contributed by atoms with Crippen molar-refractivity contribution in [1.82, 2.24) is 4.90 Å². The zero-order chi connectivity index (χ0) is 22.7. The SMILES string of the molecule is C/C=C(/N=C(C)C1=C(C)CN(c2cc(O)cc3ccccc23)CC1)OC[C@H]1CCCN1C. The van der Waals surface area contributed by atoms with Crippen LogP contribution in [0, 0.1) is 0 Å². The van der Waals surface area contributed by atoms with Gasteiger partial charge in [0, 0.05) is 42.0 Å². The standard InChI is InChI=1S/C27H35N3O2/c1-5-27(32-18-22-10-8-13-29(22)4)28-20(3)24-12-14-30(17-19(24)2)26-16-23(31)15-21-9-6-7-11-25(21)26/h5-7,9,11,15-16,22,31H,8,10,12-14,17-18H2,1-4H3/b27-5-,28-20?/t22-/m1/s1. The van der Waals surface area contributed by atoms with E-state index in [2.05, 4.69) is 48.9 Å². The van der Waals surface area contributed by atoms with E-state index >= 15 is 0 Å². The lowest BCUT2D eigenvalue weighted by Crippen LogP contribution is -2.32. The molecule has 1 N–H and O–H groups in total. The second-order valence-electron chi connectivity index (χ2n) is 9.03.